The third-order valence-corrected chi connectivity index (χ3v) is 5.51. The van der Waals surface area contributed by atoms with E-state index in [1.54, 1.807) is 19.3 Å². The molecule has 2 N–H and O–H groups in total. The first-order chi connectivity index (χ1) is 14.4. The normalized spacial score (nSPS) is 17.3. The highest BCUT2D eigenvalue weighted by atomic mass is 16.5. The molecule has 160 valence electrons. The smallest absolute Gasteiger partial charge is 0.189 e. The lowest BCUT2D eigenvalue weighted by atomic mass is 10.0. The van der Waals surface area contributed by atoms with Gasteiger partial charge in [-0.1, -0.05) is 18.2 Å². The number of anilines is 1. The summed E-state index contributed by atoms with van der Waals surface area (Å²) in [6, 6.07) is 11.6. The molecule has 1 heterocycles. The predicted molar refractivity (Wildman–Crippen MR) is 122 cm³/mol. The molecule has 2 aromatic rings. The number of methoxy groups -OCH3 is 1. The average molecular weight is 410 g/mol. The van der Waals surface area contributed by atoms with E-state index < -0.39 is 0 Å². The number of hydrogen-bond donors (Lipinski definition) is 2. The van der Waals surface area contributed by atoms with Crippen LogP contribution in [0.25, 0.3) is 6.08 Å². The fraction of sp³-hybridized carbons (Fsp3) is 0.375. The monoisotopic (exact) mass is 409 g/mol. The fourth-order valence-electron chi connectivity index (χ4n) is 3.61. The Bertz CT molecular complexity index is 907. The number of hydrogen-bond acceptors (Lipinski definition) is 6. The summed E-state index contributed by atoms with van der Waals surface area (Å²) in [5.41, 5.74) is 3.21. The first-order valence-corrected chi connectivity index (χ1v) is 10.2. The van der Waals surface area contributed by atoms with Crippen LogP contribution in [0.3, 0.4) is 0 Å². The van der Waals surface area contributed by atoms with E-state index in [0.717, 1.165) is 36.4 Å². The molecule has 1 unspecified atom stereocenters. The SMILES string of the molecule is COc1cc(O)c(C(=O)/C=C/c2ccc(N(C)C)cc2)cc1CN1CCNCC1C. The molecule has 30 heavy (non-hydrogen) atoms. The molecule has 1 fully saturated rings. The largest absolute Gasteiger partial charge is 0.507 e. The molecule has 3 rings (SSSR count). The van der Waals surface area contributed by atoms with Gasteiger partial charge >= 0.3 is 0 Å². The second-order valence-corrected chi connectivity index (χ2v) is 7.89. The molecule has 0 spiro atoms. The van der Waals surface area contributed by atoms with Crippen LogP contribution < -0.4 is 15.0 Å². The molecule has 1 saturated heterocycles. The Kier molecular flexibility index (Phi) is 7.13. The molecule has 0 aliphatic carbocycles. The third-order valence-electron chi connectivity index (χ3n) is 5.51. The molecule has 1 aliphatic rings. The van der Waals surface area contributed by atoms with Gasteiger partial charge in [-0.3, -0.25) is 9.69 Å². The molecule has 0 amide bonds. The lowest BCUT2D eigenvalue weighted by Gasteiger charge is -2.34. The van der Waals surface area contributed by atoms with Gasteiger partial charge in [0.1, 0.15) is 11.5 Å². The summed E-state index contributed by atoms with van der Waals surface area (Å²) in [4.78, 5) is 17.2. The molecule has 0 aromatic heterocycles. The van der Waals surface area contributed by atoms with Crippen molar-refractivity contribution in [3.05, 3.63) is 59.2 Å². The van der Waals surface area contributed by atoms with Gasteiger partial charge in [-0.25, -0.2) is 0 Å². The van der Waals surface area contributed by atoms with Gasteiger partial charge in [-0.05, 0) is 36.8 Å². The number of aromatic hydroxyl groups is 1. The van der Waals surface area contributed by atoms with E-state index in [4.69, 9.17) is 4.74 Å². The van der Waals surface area contributed by atoms with Crippen LogP contribution in [0.5, 0.6) is 11.5 Å². The van der Waals surface area contributed by atoms with E-state index >= 15 is 0 Å². The van der Waals surface area contributed by atoms with Crippen molar-refractivity contribution in [3.63, 3.8) is 0 Å². The topological polar surface area (TPSA) is 65.0 Å². The quantitative estimate of drug-likeness (QED) is 0.541. The minimum atomic E-state index is -0.235. The lowest BCUT2D eigenvalue weighted by Crippen LogP contribution is -2.49. The van der Waals surface area contributed by atoms with Crippen molar-refractivity contribution in [2.45, 2.75) is 19.5 Å². The maximum atomic E-state index is 12.8. The molecule has 6 nitrogen and oxygen atoms in total. The molecule has 1 aliphatic heterocycles. The van der Waals surface area contributed by atoms with Gasteiger partial charge in [-0.15, -0.1) is 0 Å². The van der Waals surface area contributed by atoms with Gasteiger partial charge in [0.25, 0.3) is 0 Å². The zero-order valence-corrected chi connectivity index (χ0v) is 18.2. The highest BCUT2D eigenvalue weighted by Crippen LogP contribution is 2.30. The number of carbonyl (C=O) groups excluding carboxylic acids is 1. The number of allylic oxidation sites excluding steroid dienone is 1. The van der Waals surface area contributed by atoms with E-state index in [9.17, 15) is 9.90 Å². The molecule has 0 radical (unpaired) electrons. The number of ether oxygens (including phenoxy) is 1. The number of piperazine rings is 1. The van der Waals surface area contributed by atoms with Gasteiger partial charge < -0.3 is 20.1 Å². The van der Waals surface area contributed by atoms with Crippen molar-refractivity contribution in [1.29, 1.82) is 0 Å². The van der Waals surface area contributed by atoms with Crippen LogP contribution in [-0.4, -0.2) is 62.7 Å². The number of carbonyl (C=O) groups is 1. The van der Waals surface area contributed by atoms with Crippen LogP contribution in [0, 0.1) is 0 Å². The van der Waals surface area contributed by atoms with Gasteiger partial charge in [0.05, 0.1) is 12.7 Å². The molecule has 0 bridgehead atoms. The molecule has 0 saturated carbocycles. The first-order valence-electron chi connectivity index (χ1n) is 10.2. The van der Waals surface area contributed by atoms with Crippen molar-refractivity contribution < 1.29 is 14.6 Å². The van der Waals surface area contributed by atoms with Crippen LogP contribution in [0.2, 0.25) is 0 Å². The van der Waals surface area contributed by atoms with Gasteiger partial charge in [0.2, 0.25) is 0 Å². The highest BCUT2D eigenvalue weighted by molar-refractivity contribution is 6.08. The number of phenols is 1. The van der Waals surface area contributed by atoms with Crippen LogP contribution in [0.15, 0.2) is 42.5 Å². The van der Waals surface area contributed by atoms with Crippen LogP contribution in [0.4, 0.5) is 5.69 Å². The Labute approximate surface area is 178 Å². The second kappa shape index (κ2) is 9.78. The van der Waals surface area contributed by atoms with Gasteiger partial charge in [0.15, 0.2) is 5.78 Å². The van der Waals surface area contributed by atoms with Crippen LogP contribution in [-0.2, 0) is 6.54 Å². The Morgan fingerprint density at radius 1 is 1.30 bits per heavy atom. The van der Waals surface area contributed by atoms with Crippen molar-refractivity contribution in [3.8, 4) is 11.5 Å². The zero-order chi connectivity index (χ0) is 21.7. The van der Waals surface area contributed by atoms with Crippen LogP contribution in [0.1, 0.15) is 28.4 Å². The summed E-state index contributed by atoms with van der Waals surface area (Å²) in [5, 5.41) is 13.8. The maximum Gasteiger partial charge on any atom is 0.189 e. The third kappa shape index (κ3) is 5.20. The molecule has 1 atom stereocenters. The summed E-state index contributed by atoms with van der Waals surface area (Å²) in [6.45, 7) is 5.64. The Balaban J connectivity index is 1.80. The standard InChI is InChI=1S/C24H31N3O3/c1-17-15-25-11-12-27(17)16-19-13-21(23(29)14-24(19)30-4)22(28)10-7-18-5-8-20(9-6-18)26(2)3/h5-10,13-14,17,25,29H,11-12,15-16H2,1-4H3/b10-7+. The van der Waals surface area contributed by atoms with Crippen LogP contribution >= 0.6 is 0 Å². The lowest BCUT2D eigenvalue weighted by molar-refractivity contribution is 0.104. The maximum absolute atomic E-state index is 12.8. The Morgan fingerprint density at radius 2 is 2.03 bits per heavy atom. The molecular weight excluding hydrogens is 378 g/mol. The number of phenolic OH excluding ortho intramolecular Hbond substituents is 1. The number of nitrogens with zero attached hydrogens (tertiary/aromatic N) is 2. The summed E-state index contributed by atoms with van der Waals surface area (Å²) in [5.74, 6) is 0.293. The van der Waals surface area contributed by atoms with E-state index in [0.29, 0.717) is 18.3 Å². The molecule has 2 aromatic carbocycles. The predicted octanol–water partition coefficient (Wildman–Crippen LogP) is 3.16. The van der Waals surface area contributed by atoms with E-state index in [-0.39, 0.29) is 17.1 Å². The first kappa shape index (κ1) is 21.9. The summed E-state index contributed by atoms with van der Waals surface area (Å²) < 4.78 is 5.46. The van der Waals surface area contributed by atoms with Gasteiger partial charge in [-0.2, -0.15) is 0 Å². The number of rotatable bonds is 7. The van der Waals surface area contributed by atoms with Crippen molar-refractivity contribution >= 4 is 17.5 Å². The molecule has 6 heteroatoms. The number of nitrogens with one attached hydrogen (secondary N) is 1. The molecular formula is C24H31N3O3. The average Bonchev–Trinajstić information content (AvgIpc) is 2.74. The number of benzene rings is 2. The second-order valence-electron chi connectivity index (χ2n) is 7.89. The summed E-state index contributed by atoms with van der Waals surface area (Å²) in [6.07, 6.45) is 3.27. The fourth-order valence-corrected chi connectivity index (χ4v) is 3.61. The van der Waals surface area contributed by atoms with E-state index in [1.807, 2.05) is 43.3 Å². The minimum absolute atomic E-state index is 0.0680. The summed E-state index contributed by atoms with van der Waals surface area (Å²) in [7, 11) is 5.55. The van der Waals surface area contributed by atoms with E-state index in [1.165, 1.54) is 12.1 Å². The summed E-state index contributed by atoms with van der Waals surface area (Å²) >= 11 is 0. The highest BCUT2D eigenvalue weighted by Gasteiger charge is 2.21. The van der Waals surface area contributed by atoms with Crippen molar-refractivity contribution in [1.82, 2.24) is 10.2 Å². The minimum Gasteiger partial charge on any atom is -0.507 e. The number of ketones is 1. The Morgan fingerprint density at radius 3 is 2.67 bits per heavy atom. The van der Waals surface area contributed by atoms with Crippen molar-refractivity contribution in [2.24, 2.45) is 0 Å². The zero-order valence-electron chi connectivity index (χ0n) is 18.2. The Hall–Kier alpha value is -2.83. The van der Waals surface area contributed by atoms with Crippen molar-refractivity contribution in [2.75, 3.05) is 45.7 Å². The van der Waals surface area contributed by atoms with Gasteiger partial charge in [0, 0.05) is 63.6 Å². The van der Waals surface area contributed by atoms with E-state index in [2.05, 4.69) is 17.1 Å².